The topological polar surface area (TPSA) is 78.9 Å². The fourth-order valence-corrected chi connectivity index (χ4v) is 6.34. The second-order valence-corrected chi connectivity index (χ2v) is 16.4. The van der Waals surface area contributed by atoms with Crippen LogP contribution in [0.1, 0.15) is 188 Å². The lowest BCUT2D eigenvalue weighted by molar-refractivity contribution is -0.167. The van der Waals surface area contributed by atoms with Gasteiger partial charge in [0.05, 0.1) is 0 Å². The van der Waals surface area contributed by atoms with Crippen LogP contribution < -0.4 is 0 Å². The molecular formula is C61H92O6. The Kier molecular flexibility index (Phi) is 49.7. The summed E-state index contributed by atoms with van der Waals surface area (Å²) >= 11 is 0. The highest BCUT2D eigenvalue weighted by Gasteiger charge is 2.19. The van der Waals surface area contributed by atoms with Crippen molar-refractivity contribution < 1.29 is 28.6 Å². The number of carbonyl (C=O) groups excluding carboxylic acids is 3. The lowest BCUT2D eigenvalue weighted by atomic mass is 10.1. The molecule has 0 amide bonds. The van der Waals surface area contributed by atoms with Gasteiger partial charge in [0.2, 0.25) is 0 Å². The third-order valence-corrected chi connectivity index (χ3v) is 10.1. The predicted octanol–water partition coefficient (Wildman–Crippen LogP) is 17.4. The Balaban J connectivity index is 4.58. The molecular weight excluding hydrogens is 829 g/mol. The summed E-state index contributed by atoms with van der Waals surface area (Å²) in [6, 6.07) is 0. The maximum atomic E-state index is 12.8. The van der Waals surface area contributed by atoms with Gasteiger partial charge in [-0.05, 0) is 103 Å². The molecule has 0 aliphatic carbocycles. The molecule has 0 aliphatic rings. The largest absolute Gasteiger partial charge is 0.462 e. The van der Waals surface area contributed by atoms with Crippen molar-refractivity contribution >= 4 is 17.9 Å². The van der Waals surface area contributed by atoms with E-state index in [0.717, 1.165) is 96.3 Å². The molecule has 0 rings (SSSR count). The first-order valence-corrected chi connectivity index (χ1v) is 26.1. The SMILES string of the molecule is CC/C=C/C=C/C=C/C=C/C=C/CCCC(=O)OCC(COC(=O)CCCCCCCCCCC/C=C/C/C=C/C/C=C/CC)OC(=O)CCC/C=C/C/C=C/C/C=C/C/C=C/C/C=C/CC. The Morgan fingerprint density at radius 2 is 0.627 bits per heavy atom. The lowest BCUT2D eigenvalue weighted by Gasteiger charge is -2.18. The monoisotopic (exact) mass is 921 g/mol. The first-order valence-electron chi connectivity index (χ1n) is 26.1. The molecule has 0 saturated heterocycles. The molecule has 6 nitrogen and oxygen atoms in total. The van der Waals surface area contributed by atoms with Gasteiger partial charge >= 0.3 is 17.9 Å². The van der Waals surface area contributed by atoms with E-state index < -0.39 is 12.1 Å². The Bertz CT molecular complexity index is 1570. The summed E-state index contributed by atoms with van der Waals surface area (Å²) in [5.41, 5.74) is 0. The van der Waals surface area contributed by atoms with Crippen LogP contribution in [0.25, 0.3) is 0 Å². The van der Waals surface area contributed by atoms with Crippen LogP contribution in [-0.4, -0.2) is 37.2 Å². The third kappa shape index (κ3) is 51.9. The highest BCUT2D eigenvalue weighted by Crippen LogP contribution is 2.13. The quantitative estimate of drug-likeness (QED) is 0.0199. The molecule has 0 heterocycles. The van der Waals surface area contributed by atoms with Gasteiger partial charge in [-0.25, -0.2) is 0 Å². The number of carbonyl (C=O) groups is 3. The van der Waals surface area contributed by atoms with E-state index in [4.69, 9.17) is 14.2 Å². The fourth-order valence-electron chi connectivity index (χ4n) is 6.34. The highest BCUT2D eigenvalue weighted by atomic mass is 16.6. The van der Waals surface area contributed by atoms with E-state index in [1.807, 2.05) is 54.7 Å². The van der Waals surface area contributed by atoms with Crippen molar-refractivity contribution in [2.75, 3.05) is 13.2 Å². The number of hydrogen-bond acceptors (Lipinski definition) is 6. The molecule has 1 unspecified atom stereocenters. The molecule has 372 valence electrons. The number of ether oxygens (including phenoxy) is 3. The predicted molar refractivity (Wildman–Crippen MR) is 288 cm³/mol. The van der Waals surface area contributed by atoms with Crippen LogP contribution in [0.3, 0.4) is 0 Å². The Morgan fingerprint density at radius 1 is 0.313 bits per heavy atom. The van der Waals surface area contributed by atoms with Crippen LogP contribution in [0.2, 0.25) is 0 Å². The van der Waals surface area contributed by atoms with Crippen LogP contribution in [-0.2, 0) is 28.6 Å². The van der Waals surface area contributed by atoms with Crippen molar-refractivity contribution in [2.24, 2.45) is 0 Å². The van der Waals surface area contributed by atoms with Crippen LogP contribution in [0.4, 0.5) is 0 Å². The molecule has 67 heavy (non-hydrogen) atoms. The van der Waals surface area contributed by atoms with Gasteiger partial charge in [0.25, 0.3) is 0 Å². The minimum Gasteiger partial charge on any atom is -0.462 e. The molecule has 0 radical (unpaired) electrons. The van der Waals surface area contributed by atoms with Gasteiger partial charge in [-0.1, -0.05) is 224 Å². The van der Waals surface area contributed by atoms with Gasteiger partial charge in [0.1, 0.15) is 13.2 Å². The summed E-state index contributed by atoms with van der Waals surface area (Å²) in [4.78, 5) is 38.0. The highest BCUT2D eigenvalue weighted by molar-refractivity contribution is 5.71. The van der Waals surface area contributed by atoms with E-state index in [0.29, 0.717) is 19.3 Å². The molecule has 0 spiro atoms. The number of esters is 3. The summed E-state index contributed by atoms with van der Waals surface area (Å²) in [5.74, 6) is -1.09. The summed E-state index contributed by atoms with van der Waals surface area (Å²) in [6.45, 7) is 6.13. The molecule has 1 atom stereocenters. The minimum absolute atomic E-state index is 0.134. The molecule has 0 aliphatic heterocycles. The first-order chi connectivity index (χ1) is 33.0. The Morgan fingerprint density at radius 3 is 1.07 bits per heavy atom. The maximum Gasteiger partial charge on any atom is 0.306 e. The zero-order valence-electron chi connectivity index (χ0n) is 42.3. The zero-order valence-corrected chi connectivity index (χ0v) is 42.3. The second kappa shape index (κ2) is 53.6. The van der Waals surface area contributed by atoms with Crippen molar-refractivity contribution in [3.63, 3.8) is 0 Å². The van der Waals surface area contributed by atoms with Crippen molar-refractivity contribution in [1.29, 1.82) is 0 Å². The average Bonchev–Trinajstić information content (AvgIpc) is 3.33. The van der Waals surface area contributed by atoms with Crippen LogP contribution >= 0.6 is 0 Å². The second-order valence-electron chi connectivity index (χ2n) is 16.4. The Hall–Kier alpha value is -4.97. The Labute approximate surface area is 409 Å². The van der Waals surface area contributed by atoms with Gasteiger partial charge in [0, 0.05) is 19.3 Å². The molecule has 0 aromatic carbocycles. The van der Waals surface area contributed by atoms with Crippen LogP contribution in [0.15, 0.2) is 158 Å². The van der Waals surface area contributed by atoms with Gasteiger partial charge in [-0.2, -0.15) is 0 Å². The fraction of sp³-hybridized carbons (Fsp3) is 0.525. The number of rotatable bonds is 44. The normalized spacial score (nSPS) is 13.4. The van der Waals surface area contributed by atoms with Crippen LogP contribution in [0, 0.1) is 0 Å². The van der Waals surface area contributed by atoms with Gasteiger partial charge in [0.15, 0.2) is 6.10 Å². The molecule has 0 N–H and O–H groups in total. The first kappa shape index (κ1) is 62.0. The standard InChI is InChI=1S/C61H92O6/c1-4-7-10-13-16-19-22-25-27-29-30-32-33-36-39-42-45-48-51-54-60(63)66-57-58(56-65-59(62)53-50-47-44-41-38-35-24-21-18-15-12-9-6-3)67-61(64)55-52-49-46-43-40-37-34-31-28-26-23-20-17-14-11-8-5-2/h7-12,15-21,24-28,34-35,37-38,41,43-44,46,58H,4-6,13-14,22-23,29-33,36,39-40,42,45,47-57H2,1-3H3/b10-7+,11-8+,12-9+,18-15+,19-16+,20-17+,24-21+,27-25+,28-26+,37-34+,38-35+,44-41+,46-43+. The number of unbranched alkanes of at least 4 members (excludes halogenated alkanes) is 11. The summed E-state index contributed by atoms with van der Waals surface area (Å²) < 4.78 is 16.7. The van der Waals surface area contributed by atoms with Crippen molar-refractivity contribution in [3.05, 3.63) is 158 Å². The minimum atomic E-state index is -0.846. The van der Waals surface area contributed by atoms with Crippen molar-refractivity contribution in [2.45, 2.75) is 194 Å². The number of allylic oxidation sites excluding steroid dienone is 26. The summed E-state index contributed by atoms with van der Waals surface area (Å²) in [5, 5.41) is 0. The molecule has 0 bridgehead atoms. The van der Waals surface area contributed by atoms with Gasteiger partial charge < -0.3 is 14.2 Å². The molecule has 0 aromatic rings. The molecule has 0 saturated carbocycles. The van der Waals surface area contributed by atoms with E-state index in [1.54, 1.807) is 0 Å². The van der Waals surface area contributed by atoms with E-state index in [1.165, 1.54) is 38.5 Å². The van der Waals surface area contributed by atoms with Crippen molar-refractivity contribution in [3.8, 4) is 0 Å². The van der Waals surface area contributed by atoms with E-state index in [9.17, 15) is 14.4 Å². The van der Waals surface area contributed by atoms with Gasteiger partial charge in [-0.3, -0.25) is 14.4 Å². The van der Waals surface area contributed by atoms with Gasteiger partial charge in [-0.15, -0.1) is 0 Å². The summed E-state index contributed by atoms with van der Waals surface area (Å²) in [6.07, 6.45) is 78.1. The number of hydrogen-bond donors (Lipinski definition) is 0. The molecule has 0 aromatic heterocycles. The molecule has 0 fully saturated rings. The van der Waals surface area contributed by atoms with Crippen LogP contribution in [0.5, 0.6) is 0 Å². The smallest absolute Gasteiger partial charge is 0.306 e. The lowest BCUT2D eigenvalue weighted by Crippen LogP contribution is -2.30. The molecule has 6 heteroatoms. The third-order valence-electron chi connectivity index (χ3n) is 10.1. The van der Waals surface area contributed by atoms with E-state index in [2.05, 4.69) is 124 Å². The average molecular weight is 921 g/mol. The summed E-state index contributed by atoms with van der Waals surface area (Å²) in [7, 11) is 0. The zero-order chi connectivity index (χ0) is 48.6. The van der Waals surface area contributed by atoms with E-state index in [-0.39, 0.29) is 38.0 Å². The van der Waals surface area contributed by atoms with Crippen molar-refractivity contribution in [1.82, 2.24) is 0 Å². The maximum absolute atomic E-state index is 12.8. The van der Waals surface area contributed by atoms with E-state index >= 15 is 0 Å².